The molecule has 2 heterocycles. The van der Waals surface area contributed by atoms with Crippen molar-refractivity contribution in [3.05, 3.63) is 17.2 Å². The van der Waals surface area contributed by atoms with E-state index in [1.165, 1.54) is 36.5 Å². The first kappa shape index (κ1) is 8.48. The van der Waals surface area contributed by atoms with E-state index in [4.69, 9.17) is 4.98 Å². The Hall–Kier alpha value is -0.830. The Balaban J connectivity index is 1.84. The molecule has 1 aromatic rings. The predicted molar refractivity (Wildman–Crippen MR) is 55.5 cm³/mol. The summed E-state index contributed by atoms with van der Waals surface area (Å²) in [6, 6.07) is 0. The first-order valence-corrected chi connectivity index (χ1v) is 5.61. The molecule has 0 spiro atoms. The Morgan fingerprint density at radius 2 is 2.00 bits per heavy atom. The van der Waals surface area contributed by atoms with Crippen molar-refractivity contribution in [2.24, 2.45) is 0 Å². The van der Waals surface area contributed by atoms with Crippen LogP contribution in [0.25, 0.3) is 0 Å². The van der Waals surface area contributed by atoms with Gasteiger partial charge in [0.2, 0.25) is 0 Å². The van der Waals surface area contributed by atoms with Crippen molar-refractivity contribution >= 4 is 0 Å². The maximum absolute atomic E-state index is 4.76. The fraction of sp³-hybridized carbons (Fsp3) is 0.727. The Morgan fingerprint density at radius 1 is 1.21 bits per heavy atom. The van der Waals surface area contributed by atoms with E-state index < -0.39 is 0 Å². The first-order valence-electron chi connectivity index (χ1n) is 5.61. The first-order chi connectivity index (χ1) is 6.84. The number of rotatable bonds is 2. The topological polar surface area (TPSA) is 40.7 Å². The zero-order chi connectivity index (χ0) is 9.54. The molecule has 1 saturated heterocycles. The number of nitrogens with zero attached hydrogens (tertiary/aromatic N) is 1. The quantitative estimate of drug-likeness (QED) is 0.746. The van der Waals surface area contributed by atoms with Crippen LogP contribution in [0.3, 0.4) is 0 Å². The van der Waals surface area contributed by atoms with Crippen LogP contribution in [0.1, 0.15) is 48.3 Å². The standard InChI is InChI=1S/C11H17N3/c1-7-10(8-3-2-4-8)14-11(13-7)9-5-12-6-9/h8-9,12H,2-6H2,1H3,(H,13,14). The van der Waals surface area contributed by atoms with Crippen LogP contribution in [0.5, 0.6) is 0 Å². The minimum atomic E-state index is 0.641. The molecule has 3 nitrogen and oxygen atoms in total. The second-order valence-corrected chi connectivity index (χ2v) is 4.62. The Labute approximate surface area is 84.3 Å². The summed E-state index contributed by atoms with van der Waals surface area (Å²) in [5, 5.41) is 3.29. The molecule has 0 radical (unpaired) electrons. The lowest BCUT2D eigenvalue weighted by molar-refractivity contribution is 0.405. The van der Waals surface area contributed by atoms with Crippen molar-refractivity contribution in [2.75, 3.05) is 13.1 Å². The summed E-state index contributed by atoms with van der Waals surface area (Å²) in [6.07, 6.45) is 4.07. The van der Waals surface area contributed by atoms with Crippen LogP contribution in [0.15, 0.2) is 0 Å². The number of aromatic amines is 1. The Morgan fingerprint density at radius 3 is 2.50 bits per heavy atom. The summed E-state index contributed by atoms with van der Waals surface area (Å²) in [5.74, 6) is 2.61. The molecule has 2 fully saturated rings. The molecule has 76 valence electrons. The molecule has 2 N–H and O–H groups in total. The molecule has 0 aromatic carbocycles. The molecule has 3 heteroatoms. The van der Waals surface area contributed by atoms with Gasteiger partial charge in [-0.1, -0.05) is 6.42 Å². The van der Waals surface area contributed by atoms with Crippen LogP contribution in [0, 0.1) is 6.92 Å². The molecule has 1 aliphatic heterocycles. The summed E-state index contributed by atoms with van der Waals surface area (Å²) in [5.41, 5.74) is 2.65. The average Bonchev–Trinajstić information content (AvgIpc) is 2.25. The van der Waals surface area contributed by atoms with Gasteiger partial charge in [0.25, 0.3) is 0 Å². The number of aryl methyl sites for hydroxylation is 1. The van der Waals surface area contributed by atoms with Crippen LogP contribution in [-0.4, -0.2) is 23.1 Å². The van der Waals surface area contributed by atoms with Crippen LogP contribution >= 0.6 is 0 Å². The van der Waals surface area contributed by atoms with Crippen LogP contribution < -0.4 is 5.32 Å². The number of H-pyrrole nitrogens is 1. The minimum absolute atomic E-state index is 0.641. The zero-order valence-electron chi connectivity index (χ0n) is 8.64. The van der Waals surface area contributed by atoms with Crippen molar-refractivity contribution < 1.29 is 0 Å². The van der Waals surface area contributed by atoms with Gasteiger partial charge in [-0.05, 0) is 19.8 Å². The summed E-state index contributed by atoms with van der Waals surface area (Å²) >= 11 is 0. The minimum Gasteiger partial charge on any atom is -0.346 e. The molecule has 0 atom stereocenters. The van der Waals surface area contributed by atoms with Gasteiger partial charge in [-0.15, -0.1) is 0 Å². The molecule has 1 aliphatic carbocycles. The molecular formula is C11H17N3. The van der Waals surface area contributed by atoms with Crippen LogP contribution in [0.4, 0.5) is 0 Å². The third kappa shape index (κ3) is 1.19. The van der Waals surface area contributed by atoms with Gasteiger partial charge in [0.05, 0.1) is 5.69 Å². The highest BCUT2D eigenvalue weighted by Gasteiger charge is 2.27. The molecule has 1 saturated carbocycles. The second kappa shape index (κ2) is 3.09. The molecule has 0 amide bonds. The van der Waals surface area contributed by atoms with Crippen molar-refractivity contribution in [3.8, 4) is 0 Å². The third-order valence-corrected chi connectivity index (χ3v) is 3.60. The van der Waals surface area contributed by atoms with E-state index in [0.717, 1.165) is 19.0 Å². The highest BCUT2D eigenvalue weighted by Crippen LogP contribution is 2.37. The largest absolute Gasteiger partial charge is 0.346 e. The van der Waals surface area contributed by atoms with E-state index in [0.29, 0.717) is 5.92 Å². The van der Waals surface area contributed by atoms with E-state index in [9.17, 15) is 0 Å². The number of nitrogens with one attached hydrogen (secondary N) is 2. The molecule has 0 bridgehead atoms. The average molecular weight is 191 g/mol. The Kier molecular flexibility index (Phi) is 1.87. The number of aromatic nitrogens is 2. The van der Waals surface area contributed by atoms with Gasteiger partial charge in [-0.2, -0.15) is 0 Å². The third-order valence-electron chi connectivity index (χ3n) is 3.60. The second-order valence-electron chi connectivity index (χ2n) is 4.62. The maximum atomic E-state index is 4.76. The van der Waals surface area contributed by atoms with Crippen molar-refractivity contribution in [1.82, 2.24) is 15.3 Å². The van der Waals surface area contributed by atoms with E-state index in [1.54, 1.807) is 0 Å². The molecule has 14 heavy (non-hydrogen) atoms. The number of hydrogen-bond acceptors (Lipinski definition) is 2. The fourth-order valence-corrected chi connectivity index (χ4v) is 2.25. The van der Waals surface area contributed by atoms with E-state index in [2.05, 4.69) is 17.2 Å². The van der Waals surface area contributed by atoms with E-state index >= 15 is 0 Å². The van der Waals surface area contributed by atoms with Gasteiger partial charge in [-0.3, -0.25) is 0 Å². The monoisotopic (exact) mass is 191 g/mol. The van der Waals surface area contributed by atoms with Gasteiger partial charge >= 0.3 is 0 Å². The lowest BCUT2D eigenvalue weighted by Gasteiger charge is -2.25. The van der Waals surface area contributed by atoms with Gasteiger partial charge in [0, 0.05) is 30.6 Å². The molecule has 1 aromatic heterocycles. The van der Waals surface area contributed by atoms with Crippen molar-refractivity contribution in [3.63, 3.8) is 0 Å². The summed E-state index contributed by atoms with van der Waals surface area (Å²) in [7, 11) is 0. The lowest BCUT2D eigenvalue weighted by atomic mass is 9.82. The molecular weight excluding hydrogens is 174 g/mol. The van der Waals surface area contributed by atoms with Gasteiger partial charge in [-0.25, -0.2) is 4.98 Å². The summed E-state index contributed by atoms with van der Waals surface area (Å²) < 4.78 is 0. The van der Waals surface area contributed by atoms with Crippen LogP contribution in [0.2, 0.25) is 0 Å². The van der Waals surface area contributed by atoms with Gasteiger partial charge in [0.15, 0.2) is 0 Å². The van der Waals surface area contributed by atoms with E-state index in [-0.39, 0.29) is 0 Å². The summed E-state index contributed by atoms with van der Waals surface area (Å²) in [6.45, 7) is 4.35. The molecule has 0 unspecified atom stereocenters. The van der Waals surface area contributed by atoms with Crippen molar-refractivity contribution in [2.45, 2.75) is 38.0 Å². The number of hydrogen-bond donors (Lipinski definition) is 2. The molecule has 3 rings (SSSR count). The summed E-state index contributed by atoms with van der Waals surface area (Å²) in [4.78, 5) is 8.20. The smallest absolute Gasteiger partial charge is 0.112 e. The van der Waals surface area contributed by atoms with E-state index in [1.807, 2.05) is 0 Å². The van der Waals surface area contributed by atoms with Crippen molar-refractivity contribution in [1.29, 1.82) is 0 Å². The maximum Gasteiger partial charge on any atom is 0.112 e. The van der Waals surface area contributed by atoms with Gasteiger partial charge in [0.1, 0.15) is 5.82 Å². The Bertz CT molecular complexity index is 334. The highest BCUT2D eigenvalue weighted by molar-refractivity contribution is 5.22. The van der Waals surface area contributed by atoms with Gasteiger partial charge < -0.3 is 10.3 Å². The highest BCUT2D eigenvalue weighted by atomic mass is 15.0. The number of imidazole rings is 1. The SMILES string of the molecule is Cc1[nH]c(C2CNC2)nc1C1CCC1. The predicted octanol–water partition coefficient (Wildman–Crippen LogP) is 1.67. The fourth-order valence-electron chi connectivity index (χ4n) is 2.25. The zero-order valence-corrected chi connectivity index (χ0v) is 8.64. The lowest BCUT2D eigenvalue weighted by Crippen LogP contribution is -2.40. The normalized spacial score (nSPS) is 23.2. The van der Waals surface area contributed by atoms with Crippen LogP contribution in [-0.2, 0) is 0 Å². The molecule has 2 aliphatic rings.